The number of hydrogen-bond donors (Lipinski definition) is 0. The lowest BCUT2D eigenvalue weighted by Gasteiger charge is -2.14. The fraction of sp³-hybridized carbons (Fsp3) is 0.292. The minimum absolute atomic E-state index is 0.156. The molecule has 2 aromatic carbocycles. The van der Waals surface area contributed by atoms with Crippen LogP contribution in [0.15, 0.2) is 47.4 Å². The summed E-state index contributed by atoms with van der Waals surface area (Å²) in [7, 11) is 1.49. The molecule has 1 fully saturated rings. The molecule has 1 aliphatic heterocycles. The first-order chi connectivity index (χ1) is 15.8. The highest BCUT2D eigenvalue weighted by molar-refractivity contribution is 8.18. The molecule has 0 saturated carbocycles. The molecule has 33 heavy (non-hydrogen) atoms. The van der Waals surface area contributed by atoms with Crippen LogP contribution in [0, 0.1) is 5.92 Å². The Bertz CT molecular complexity index is 1070. The number of thioether (sulfide) groups is 1. The van der Waals surface area contributed by atoms with Crippen LogP contribution in [0.25, 0.3) is 6.08 Å². The summed E-state index contributed by atoms with van der Waals surface area (Å²) in [4.78, 5) is 37.9. The number of amides is 2. The molecule has 9 heteroatoms. The first-order valence-corrected chi connectivity index (χ1v) is 11.4. The summed E-state index contributed by atoms with van der Waals surface area (Å²) in [5, 5.41) is -0.235. The quantitative estimate of drug-likeness (QED) is 0.355. The molecule has 0 aromatic heterocycles. The fourth-order valence-corrected chi connectivity index (χ4v) is 4.03. The number of nitrogens with zero attached hydrogens (tertiary/aromatic N) is 1. The van der Waals surface area contributed by atoms with Gasteiger partial charge in [-0.2, -0.15) is 0 Å². The molecule has 0 spiro atoms. The van der Waals surface area contributed by atoms with E-state index in [1.165, 1.54) is 13.2 Å². The molecule has 0 unspecified atom stereocenters. The lowest BCUT2D eigenvalue weighted by molar-refractivity contribution is -0.147. The van der Waals surface area contributed by atoms with Crippen molar-refractivity contribution in [3.8, 4) is 11.5 Å². The lowest BCUT2D eigenvalue weighted by Crippen LogP contribution is -2.34. The molecule has 1 aliphatic rings. The Morgan fingerprint density at radius 2 is 1.91 bits per heavy atom. The van der Waals surface area contributed by atoms with E-state index in [2.05, 4.69) is 0 Å². The van der Waals surface area contributed by atoms with Crippen molar-refractivity contribution >= 4 is 46.6 Å². The largest absolute Gasteiger partial charge is 0.493 e. The van der Waals surface area contributed by atoms with Gasteiger partial charge in [0.2, 0.25) is 0 Å². The Morgan fingerprint density at radius 3 is 2.58 bits per heavy atom. The molecule has 2 amide bonds. The van der Waals surface area contributed by atoms with Gasteiger partial charge in [-0.15, -0.1) is 0 Å². The van der Waals surface area contributed by atoms with Crippen LogP contribution in [-0.4, -0.2) is 42.3 Å². The number of methoxy groups -OCH3 is 1. The maximum Gasteiger partial charge on any atom is 0.326 e. The number of benzene rings is 2. The Morgan fingerprint density at radius 1 is 1.18 bits per heavy atom. The van der Waals surface area contributed by atoms with Crippen LogP contribution in [0.4, 0.5) is 4.79 Å². The van der Waals surface area contributed by atoms with Crippen molar-refractivity contribution in [2.75, 3.05) is 20.3 Å². The van der Waals surface area contributed by atoms with Crippen LogP contribution in [0.3, 0.4) is 0 Å². The zero-order chi connectivity index (χ0) is 24.0. The number of carbonyl (C=O) groups excluding carboxylic acids is 3. The highest BCUT2D eigenvalue weighted by Gasteiger charge is 2.36. The molecule has 174 valence electrons. The van der Waals surface area contributed by atoms with Gasteiger partial charge < -0.3 is 14.2 Å². The molecule has 3 rings (SSSR count). The molecule has 7 nitrogen and oxygen atoms in total. The third-order valence-corrected chi connectivity index (χ3v) is 5.70. The summed E-state index contributed by atoms with van der Waals surface area (Å²) in [6.45, 7) is 3.90. The number of imide groups is 1. The van der Waals surface area contributed by atoms with Crippen molar-refractivity contribution in [2.24, 2.45) is 5.92 Å². The van der Waals surface area contributed by atoms with Crippen molar-refractivity contribution in [3.05, 3.63) is 63.5 Å². The zero-order valence-corrected chi connectivity index (χ0v) is 20.1. The lowest BCUT2D eigenvalue weighted by atomic mass is 10.1. The molecular formula is C24H24ClNO6S. The number of carbonyl (C=O) groups is 3. The van der Waals surface area contributed by atoms with Gasteiger partial charge in [-0.3, -0.25) is 19.3 Å². The molecule has 1 saturated heterocycles. The van der Waals surface area contributed by atoms with E-state index in [9.17, 15) is 14.4 Å². The second-order valence-electron chi connectivity index (χ2n) is 7.65. The summed E-state index contributed by atoms with van der Waals surface area (Å²) in [5.41, 5.74) is 1.53. The maximum absolute atomic E-state index is 12.7. The highest BCUT2D eigenvalue weighted by Crippen LogP contribution is 2.39. The van der Waals surface area contributed by atoms with Crippen LogP contribution >= 0.6 is 23.4 Å². The van der Waals surface area contributed by atoms with Gasteiger partial charge in [0, 0.05) is 0 Å². The summed E-state index contributed by atoms with van der Waals surface area (Å²) in [6.07, 6.45) is 1.53. The van der Waals surface area contributed by atoms with Gasteiger partial charge in [0.15, 0.2) is 11.5 Å². The molecular weight excluding hydrogens is 466 g/mol. The van der Waals surface area contributed by atoms with Crippen LogP contribution < -0.4 is 9.47 Å². The van der Waals surface area contributed by atoms with Crippen molar-refractivity contribution in [3.63, 3.8) is 0 Å². The zero-order valence-electron chi connectivity index (χ0n) is 18.5. The number of hydrogen-bond acceptors (Lipinski definition) is 7. The minimum Gasteiger partial charge on any atom is -0.493 e. The Hall–Kier alpha value is -2.97. The molecule has 0 N–H and O–H groups in total. The van der Waals surface area contributed by atoms with E-state index in [4.69, 9.17) is 25.8 Å². The van der Waals surface area contributed by atoms with E-state index < -0.39 is 23.7 Å². The molecule has 1 heterocycles. The van der Waals surface area contributed by atoms with Gasteiger partial charge in [-0.1, -0.05) is 55.8 Å². The number of halogens is 1. The summed E-state index contributed by atoms with van der Waals surface area (Å²) in [6, 6.07) is 12.9. The standard InChI is InChI=1S/C24H24ClNO6S/c1-15(2)13-31-21(27)12-26-23(28)20(33-24(26)29)11-17-9-18(25)22(19(10-17)30-3)32-14-16-7-5-4-6-8-16/h4-11,15H,12-14H2,1-3H3/b20-11-. The topological polar surface area (TPSA) is 82.1 Å². The van der Waals surface area contributed by atoms with E-state index in [-0.39, 0.29) is 17.4 Å². The average molecular weight is 490 g/mol. The Balaban J connectivity index is 1.74. The first-order valence-electron chi connectivity index (χ1n) is 10.2. The van der Waals surface area contributed by atoms with E-state index >= 15 is 0 Å². The Labute approximate surface area is 201 Å². The van der Waals surface area contributed by atoms with Crippen LogP contribution in [0.2, 0.25) is 5.02 Å². The first kappa shape index (κ1) is 24.7. The minimum atomic E-state index is -0.628. The van der Waals surface area contributed by atoms with Gasteiger partial charge in [0.25, 0.3) is 11.1 Å². The third kappa shape index (κ3) is 6.52. The normalized spacial score (nSPS) is 14.8. The second-order valence-corrected chi connectivity index (χ2v) is 9.05. The predicted octanol–water partition coefficient (Wildman–Crippen LogP) is 5.16. The van der Waals surface area contributed by atoms with Crippen molar-refractivity contribution < 1.29 is 28.6 Å². The number of ether oxygens (including phenoxy) is 3. The van der Waals surface area contributed by atoms with Crippen molar-refractivity contribution in [1.82, 2.24) is 4.90 Å². The monoisotopic (exact) mass is 489 g/mol. The van der Waals surface area contributed by atoms with Gasteiger partial charge in [-0.05, 0) is 47.0 Å². The van der Waals surface area contributed by atoms with Gasteiger partial charge in [0.05, 0.1) is 23.6 Å². The number of esters is 1. The third-order valence-electron chi connectivity index (χ3n) is 4.51. The van der Waals surface area contributed by atoms with E-state index in [1.807, 2.05) is 44.2 Å². The van der Waals surface area contributed by atoms with Gasteiger partial charge in [0.1, 0.15) is 13.2 Å². The van der Waals surface area contributed by atoms with Crippen LogP contribution in [0.5, 0.6) is 11.5 Å². The summed E-state index contributed by atoms with van der Waals surface area (Å²) in [5.74, 6) is -0.270. The second kappa shape index (κ2) is 11.2. The van der Waals surface area contributed by atoms with Crippen molar-refractivity contribution in [2.45, 2.75) is 20.5 Å². The highest BCUT2D eigenvalue weighted by atomic mass is 35.5. The van der Waals surface area contributed by atoms with E-state index in [1.54, 1.807) is 12.1 Å². The SMILES string of the molecule is COc1cc(/C=C2\SC(=O)N(CC(=O)OCC(C)C)C2=O)cc(Cl)c1OCc1ccccc1. The predicted molar refractivity (Wildman–Crippen MR) is 127 cm³/mol. The maximum atomic E-state index is 12.7. The number of rotatable bonds is 9. The van der Waals surface area contributed by atoms with E-state index in [0.29, 0.717) is 28.7 Å². The molecule has 0 aliphatic carbocycles. The Kier molecular flexibility index (Phi) is 8.41. The fourth-order valence-electron chi connectivity index (χ4n) is 2.91. The summed E-state index contributed by atoms with van der Waals surface area (Å²) < 4.78 is 16.3. The van der Waals surface area contributed by atoms with Crippen LogP contribution in [-0.2, 0) is 20.9 Å². The average Bonchev–Trinajstić information content (AvgIpc) is 3.04. The molecule has 0 atom stereocenters. The van der Waals surface area contributed by atoms with Gasteiger partial charge >= 0.3 is 5.97 Å². The van der Waals surface area contributed by atoms with Crippen molar-refractivity contribution in [1.29, 1.82) is 0 Å². The van der Waals surface area contributed by atoms with Gasteiger partial charge in [-0.25, -0.2) is 0 Å². The summed E-state index contributed by atoms with van der Waals surface area (Å²) >= 11 is 7.17. The molecule has 2 aromatic rings. The smallest absolute Gasteiger partial charge is 0.326 e. The molecule has 0 radical (unpaired) electrons. The molecule has 0 bridgehead atoms. The van der Waals surface area contributed by atoms with Crippen LogP contribution in [0.1, 0.15) is 25.0 Å². The van der Waals surface area contributed by atoms with E-state index in [0.717, 1.165) is 22.2 Å².